The van der Waals surface area contributed by atoms with Crippen LogP contribution >= 0.6 is 38.9 Å². The molecule has 1 heterocycles. The Labute approximate surface area is 86.5 Å². The molecule has 0 fully saturated rings. The summed E-state index contributed by atoms with van der Waals surface area (Å²) in [6.07, 6.45) is 0. The molecule has 0 aliphatic rings. The highest BCUT2D eigenvalue weighted by molar-refractivity contribution is 9.10. The Balaban J connectivity index is 2.83. The largest absolute Gasteiger partial charge is 0.375 e. The number of benzene rings is 1. The molecule has 1 aromatic heterocycles. The molecular formula is C7H4BrClN2S. The van der Waals surface area contributed by atoms with Crippen LogP contribution < -0.4 is 5.73 Å². The van der Waals surface area contributed by atoms with Crippen LogP contribution in [0.25, 0.3) is 10.2 Å². The van der Waals surface area contributed by atoms with Crippen LogP contribution in [0.1, 0.15) is 0 Å². The van der Waals surface area contributed by atoms with E-state index in [4.69, 9.17) is 17.3 Å². The summed E-state index contributed by atoms with van der Waals surface area (Å²) in [6.45, 7) is 0. The van der Waals surface area contributed by atoms with E-state index in [0.717, 1.165) is 14.7 Å². The summed E-state index contributed by atoms with van der Waals surface area (Å²) in [5.41, 5.74) is 6.42. The molecule has 2 N–H and O–H groups in total. The zero-order valence-electron chi connectivity index (χ0n) is 5.84. The Morgan fingerprint density at radius 2 is 2.25 bits per heavy atom. The summed E-state index contributed by atoms with van der Waals surface area (Å²) in [7, 11) is 0. The molecule has 2 nitrogen and oxygen atoms in total. The molecule has 1 aromatic carbocycles. The maximum absolute atomic E-state index is 5.89. The number of aromatic nitrogens is 1. The predicted octanol–water partition coefficient (Wildman–Crippen LogP) is 3.29. The van der Waals surface area contributed by atoms with E-state index < -0.39 is 0 Å². The second-order valence-corrected chi connectivity index (χ2v) is 4.61. The molecule has 0 bridgehead atoms. The van der Waals surface area contributed by atoms with Gasteiger partial charge in [0.2, 0.25) is 0 Å². The summed E-state index contributed by atoms with van der Waals surface area (Å²) >= 11 is 10.6. The minimum absolute atomic E-state index is 0.569. The van der Waals surface area contributed by atoms with E-state index in [9.17, 15) is 0 Å². The number of nitrogen functional groups attached to an aromatic ring is 1. The van der Waals surface area contributed by atoms with Crippen molar-refractivity contribution >= 4 is 54.2 Å². The third kappa shape index (κ3) is 1.30. The number of hydrogen-bond acceptors (Lipinski definition) is 3. The van der Waals surface area contributed by atoms with Gasteiger partial charge in [0.05, 0.1) is 15.2 Å². The van der Waals surface area contributed by atoms with E-state index in [1.807, 2.05) is 12.1 Å². The summed E-state index contributed by atoms with van der Waals surface area (Å²) in [5.74, 6) is 0. The first-order valence-electron chi connectivity index (χ1n) is 3.18. The van der Waals surface area contributed by atoms with Gasteiger partial charge in [0.25, 0.3) is 0 Å². The van der Waals surface area contributed by atoms with Crippen molar-refractivity contribution in [3.63, 3.8) is 0 Å². The van der Waals surface area contributed by atoms with Gasteiger partial charge in [-0.15, -0.1) is 0 Å². The molecule has 0 radical (unpaired) electrons. The van der Waals surface area contributed by atoms with Gasteiger partial charge in [-0.05, 0) is 28.1 Å². The zero-order valence-corrected chi connectivity index (χ0v) is 9.00. The van der Waals surface area contributed by atoms with Crippen molar-refractivity contribution in [2.45, 2.75) is 0 Å². The molecule has 0 saturated heterocycles. The van der Waals surface area contributed by atoms with Gasteiger partial charge in [0.15, 0.2) is 5.13 Å². The van der Waals surface area contributed by atoms with Crippen LogP contribution in [0.5, 0.6) is 0 Å². The van der Waals surface area contributed by atoms with Crippen molar-refractivity contribution in [1.82, 2.24) is 4.98 Å². The Kier molecular flexibility index (Phi) is 1.98. The molecule has 12 heavy (non-hydrogen) atoms. The van der Waals surface area contributed by atoms with Crippen LogP contribution in [0.3, 0.4) is 0 Å². The van der Waals surface area contributed by atoms with Crippen LogP contribution in [0.15, 0.2) is 16.6 Å². The van der Waals surface area contributed by atoms with Crippen molar-refractivity contribution in [2.24, 2.45) is 0 Å². The molecule has 0 saturated carbocycles. The van der Waals surface area contributed by atoms with Crippen LogP contribution in [0.4, 0.5) is 5.13 Å². The minimum Gasteiger partial charge on any atom is -0.375 e. The van der Waals surface area contributed by atoms with Crippen molar-refractivity contribution in [3.8, 4) is 0 Å². The van der Waals surface area contributed by atoms with Crippen LogP contribution in [0, 0.1) is 0 Å². The maximum atomic E-state index is 5.89. The number of anilines is 1. The zero-order chi connectivity index (χ0) is 8.72. The SMILES string of the molecule is Nc1nc2cc(Br)c(Cl)cc2s1. The third-order valence-corrected chi connectivity index (χ3v) is 3.49. The molecule has 0 aliphatic heterocycles. The summed E-state index contributed by atoms with van der Waals surface area (Å²) in [6, 6.07) is 3.72. The average molecular weight is 264 g/mol. The highest BCUT2D eigenvalue weighted by atomic mass is 79.9. The fraction of sp³-hybridized carbons (Fsp3) is 0. The first-order valence-corrected chi connectivity index (χ1v) is 5.16. The monoisotopic (exact) mass is 262 g/mol. The lowest BCUT2D eigenvalue weighted by atomic mass is 10.3. The van der Waals surface area contributed by atoms with Gasteiger partial charge in [-0.3, -0.25) is 0 Å². The van der Waals surface area contributed by atoms with Gasteiger partial charge in [-0.25, -0.2) is 4.98 Å². The number of thiazole rings is 1. The standard InChI is InChI=1S/C7H4BrClN2S/c8-3-1-5-6(2-4(3)9)12-7(10)11-5/h1-2H,(H2,10,11). The summed E-state index contributed by atoms with van der Waals surface area (Å²) < 4.78 is 1.86. The van der Waals surface area contributed by atoms with Crippen molar-refractivity contribution < 1.29 is 0 Å². The number of rotatable bonds is 0. The lowest BCUT2D eigenvalue weighted by Crippen LogP contribution is -1.79. The average Bonchev–Trinajstić information content (AvgIpc) is 2.30. The first-order chi connectivity index (χ1) is 5.66. The first kappa shape index (κ1) is 8.29. The van der Waals surface area contributed by atoms with Gasteiger partial charge < -0.3 is 5.73 Å². The van der Waals surface area contributed by atoms with E-state index in [0.29, 0.717) is 10.2 Å². The van der Waals surface area contributed by atoms with E-state index in [1.165, 1.54) is 11.3 Å². The molecule has 0 spiro atoms. The van der Waals surface area contributed by atoms with Gasteiger partial charge >= 0.3 is 0 Å². The predicted molar refractivity (Wildman–Crippen MR) is 56.7 cm³/mol. The fourth-order valence-electron chi connectivity index (χ4n) is 0.941. The smallest absolute Gasteiger partial charge is 0.181 e. The second-order valence-electron chi connectivity index (χ2n) is 2.29. The Morgan fingerprint density at radius 3 is 3.00 bits per heavy atom. The van der Waals surface area contributed by atoms with Crippen LogP contribution in [-0.4, -0.2) is 4.98 Å². The lowest BCUT2D eigenvalue weighted by molar-refractivity contribution is 1.49. The van der Waals surface area contributed by atoms with E-state index in [2.05, 4.69) is 20.9 Å². The third-order valence-electron chi connectivity index (χ3n) is 1.45. The maximum Gasteiger partial charge on any atom is 0.181 e. The minimum atomic E-state index is 0.569. The van der Waals surface area contributed by atoms with Gasteiger partial charge in [-0.1, -0.05) is 22.9 Å². The summed E-state index contributed by atoms with van der Waals surface area (Å²) in [5, 5.41) is 1.25. The Morgan fingerprint density at radius 1 is 1.50 bits per heavy atom. The van der Waals surface area contributed by atoms with Crippen molar-refractivity contribution in [3.05, 3.63) is 21.6 Å². The molecule has 0 aliphatic carbocycles. The molecule has 0 amide bonds. The molecular weight excluding hydrogens is 260 g/mol. The van der Waals surface area contributed by atoms with E-state index in [-0.39, 0.29) is 0 Å². The molecule has 0 atom stereocenters. The van der Waals surface area contributed by atoms with E-state index in [1.54, 1.807) is 0 Å². The number of nitrogens with two attached hydrogens (primary N) is 1. The molecule has 0 unspecified atom stereocenters. The number of nitrogens with zero attached hydrogens (tertiary/aromatic N) is 1. The Bertz CT molecular complexity index is 401. The van der Waals surface area contributed by atoms with Gasteiger partial charge in [0, 0.05) is 4.47 Å². The normalized spacial score (nSPS) is 10.8. The van der Waals surface area contributed by atoms with E-state index >= 15 is 0 Å². The number of halogens is 2. The van der Waals surface area contributed by atoms with Crippen molar-refractivity contribution in [1.29, 1.82) is 0 Å². The highest BCUT2D eigenvalue weighted by Gasteiger charge is 2.04. The van der Waals surface area contributed by atoms with Crippen LogP contribution in [-0.2, 0) is 0 Å². The van der Waals surface area contributed by atoms with Gasteiger partial charge in [-0.2, -0.15) is 0 Å². The number of fused-ring (bicyclic) bond motifs is 1. The summed E-state index contributed by atoms with van der Waals surface area (Å²) in [4.78, 5) is 4.12. The lowest BCUT2D eigenvalue weighted by Gasteiger charge is -1.93. The Hall–Kier alpha value is -0.320. The van der Waals surface area contributed by atoms with Gasteiger partial charge in [0.1, 0.15) is 0 Å². The topological polar surface area (TPSA) is 38.9 Å². The number of hydrogen-bond donors (Lipinski definition) is 1. The second kappa shape index (κ2) is 2.87. The van der Waals surface area contributed by atoms with Crippen molar-refractivity contribution in [2.75, 3.05) is 5.73 Å². The fourth-order valence-corrected chi connectivity index (χ4v) is 2.26. The molecule has 5 heteroatoms. The highest BCUT2D eigenvalue weighted by Crippen LogP contribution is 2.31. The molecule has 2 aromatic rings. The molecule has 62 valence electrons. The van der Waals surface area contributed by atoms with Crippen LogP contribution in [0.2, 0.25) is 5.02 Å². The molecule has 2 rings (SSSR count). The quantitative estimate of drug-likeness (QED) is 0.792.